The Bertz CT molecular complexity index is 1970. The molecule has 38 heavy (non-hydrogen) atoms. The van der Waals surface area contributed by atoms with E-state index in [0.717, 1.165) is 10.9 Å². The second-order valence-electron chi connectivity index (χ2n) is 9.57. The van der Waals surface area contributed by atoms with Gasteiger partial charge < -0.3 is 4.90 Å². The van der Waals surface area contributed by atoms with Crippen LogP contribution in [0.1, 0.15) is 0 Å². The number of rotatable bonds is 2. The summed E-state index contributed by atoms with van der Waals surface area (Å²) in [4.78, 5) is 9.95. The fourth-order valence-corrected chi connectivity index (χ4v) is 6.93. The maximum Gasteiger partial charge on any atom is 0.0708 e. The van der Waals surface area contributed by atoms with Crippen molar-refractivity contribution < 1.29 is 0 Å². The predicted octanol–water partition coefficient (Wildman–Crippen LogP) is 10.1. The van der Waals surface area contributed by atoms with Crippen molar-refractivity contribution in [2.45, 2.75) is 9.79 Å². The molecule has 178 valence electrons. The van der Waals surface area contributed by atoms with Gasteiger partial charge in [-0.3, -0.25) is 4.98 Å². The van der Waals surface area contributed by atoms with E-state index >= 15 is 0 Å². The monoisotopic (exact) mass is 502 g/mol. The van der Waals surface area contributed by atoms with Gasteiger partial charge in [0, 0.05) is 37.5 Å². The third kappa shape index (κ3) is 3.12. The highest BCUT2D eigenvalue weighted by Crippen LogP contribution is 2.55. The summed E-state index contributed by atoms with van der Waals surface area (Å²) in [7, 11) is 0. The number of hydrogen-bond acceptors (Lipinski definition) is 3. The van der Waals surface area contributed by atoms with E-state index in [2.05, 4.69) is 138 Å². The van der Waals surface area contributed by atoms with Crippen molar-refractivity contribution in [1.29, 1.82) is 0 Å². The molecule has 6 aromatic carbocycles. The Balaban J connectivity index is 1.61. The fourth-order valence-electron chi connectivity index (χ4n) is 5.87. The molecule has 2 heterocycles. The van der Waals surface area contributed by atoms with Crippen LogP contribution >= 0.6 is 11.8 Å². The Morgan fingerprint density at radius 1 is 0.500 bits per heavy atom. The van der Waals surface area contributed by atoms with E-state index in [1.54, 1.807) is 0 Å². The zero-order valence-electron chi connectivity index (χ0n) is 20.5. The maximum absolute atomic E-state index is 4.99. The highest BCUT2D eigenvalue weighted by atomic mass is 32.2. The van der Waals surface area contributed by atoms with Crippen LogP contribution in [0, 0.1) is 0 Å². The molecule has 1 aromatic heterocycles. The summed E-state index contributed by atoms with van der Waals surface area (Å²) >= 11 is 1.84. The number of para-hydroxylation sites is 3. The van der Waals surface area contributed by atoms with Crippen molar-refractivity contribution in [2.24, 2.45) is 0 Å². The quantitative estimate of drug-likeness (QED) is 0.173. The predicted molar refractivity (Wildman–Crippen MR) is 161 cm³/mol. The molecule has 8 rings (SSSR count). The van der Waals surface area contributed by atoms with E-state index in [1.807, 2.05) is 11.8 Å². The van der Waals surface area contributed by atoms with E-state index in [9.17, 15) is 0 Å². The second-order valence-corrected chi connectivity index (χ2v) is 10.7. The molecule has 0 saturated heterocycles. The molecule has 7 aromatic rings. The van der Waals surface area contributed by atoms with E-state index < -0.39 is 0 Å². The van der Waals surface area contributed by atoms with Crippen LogP contribution in [-0.2, 0) is 0 Å². The number of nitrogens with zero attached hydrogens (tertiary/aromatic N) is 2. The smallest absolute Gasteiger partial charge is 0.0708 e. The van der Waals surface area contributed by atoms with Gasteiger partial charge in [0.2, 0.25) is 0 Å². The molecule has 0 aliphatic carbocycles. The first kappa shape index (κ1) is 21.5. The molecule has 0 N–H and O–H groups in total. The van der Waals surface area contributed by atoms with Gasteiger partial charge >= 0.3 is 0 Å². The third-order valence-electron chi connectivity index (χ3n) is 7.45. The van der Waals surface area contributed by atoms with Crippen molar-refractivity contribution in [1.82, 2.24) is 4.98 Å². The largest absolute Gasteiger partial charge is 0.307 e. The van der Waals surface area contributed by atoms with Gasteiger partial charge in [0.1, 0.15) is 0 Å². The first-order chi connectivity index (χ1) is 18.9. The van der Waals surface area contributed by atoms with Gasteiger partial charge in [0.05, 0.1) is 22.6 Å². The third-order valence-corrected chi connectivity index (χ3v) is 8.58. The van der Waals surface area contributed by atoms with Gasteiger partial charge in [-0.25, -0.2) is 0 Å². The average Bonchev–Trinajstić information content (AvgIpc) is 2.99. The van der Waals surface area contributed by atoms with Gasteiger partial charge in [-0.15, -0.1) is 0 Å². The van der Waals surface area contributed by atoms with E-state index in [1.165, 1.54) is 59.5 Å². The van der Waals surface area contributed by atoms with Crippen LogP contribution < -0.4 is 4.90 Å². The van der Waals surface area contributed by atoms with Crippen LogP contribution in [0.4, 0.5) is 17.1 Å². The Hall–Kier alpha value is -4.60. The molecule has 0 atom stereocenters. The lowest BCUT2D eigenvalue weighted by atomic mass is 9.88. The summed E-state index contributed by atoms with van der Waals surface area (Å²) in [6.45, 7) is 0. The normalized spacial score (nSPS) is 12.6. The molecule has 1 aliphatic heterocycles. The lowest BCUT2D eigenvalue weighted by molar-refractivity contribution is 1.18. The average molecular weight is 503 g/mol. The minimum atomic E-state index is 1.01. The van der Waals surface area contributed by atoms with Gasteiger partial charge in [0.25, 0.3) is 0 Å². The first-order valence-electron chi connectivity index (χ1n) is 12.8. The molecule has 3 heteroatoms. The Kier molecular flexibility index (Phi) is 4.79. The Morgan fingerprint density at radius 2 is 1.08 bits per heavy atom. The zero-order chi connectivity index (χ0) is 25.1. The molecule has 2 nitrogen and oxygen atoms in total. The minimum absolute atomic E-state index is 1.01. The van der Waals surface area contributed by atoms with Gasteiger partial charge in [0.15, 0.2) is 0 Å². The number of aromatic nitrogens is 1. The van der Waals surface area contributed by atoms with Gasteiger partial charge in [-0.1, -0.05) is 109 Å². The summed E-state index contributed by atoms with van der Waals surface area (Å²) < 4.78 is 0. The Morgan fingerprint density at radius 3 is 1.82 bits per heavy atom. The fraction of sp³-hybridized carbons (Fsp3) is 0. The van der Waals surface area contributed by atoms with E-state index in [4.69, 9.17) is 4.98 Å². The van der Waals surface area contributed by atoms with Crippen molar-refractivity contribution >= 4 is 61.3 Å². The highest BCUT2D eigenvalue weighted by molar-refractivity contribution is 7.99. The first-order valence-corrected chi connectivity index (χ1v) is 13.6. The summed E-state index contributed by atoms with van der Waals surface area (Å²) in [5.74, 6) is 0. The molecule has 0 bridgehead atoms. The summed E-state index contributed by atoms with van der Waals surface area (Å²) in [6, 6.07) is 45.6. The minimum Gasteiger partial charge on any atom is -0.307 e. The van der Waals surface area contributed by atoms with Crippen LogP contribution in [0.5, 0.6) is 0 Å². The van der Waals surface area contributed by atoms with Gasteiger partial charge in [-0.05, 0) is 46.8 Å². The molecule has 1 aliphatic rings. The maximum atomic E-state index is 4.99. The number of fused-ring (bicyclic) bond motifs is 6. The molecular weight excluding hydrogens is 480 g/mol. The van der Waals surface area contributed by atoms with Crippen LogP contribution in [0.25, 0.3) is 43.6 Å². The number of hydrogen-bond donors (Lipinski definition) is 0. The van der Waals surface area contributed by atoms with Crippen molar-refractivity contribution in [3.8, 4) is 11.1 Å². The van der Waals surface area contributed by atoms with E-state index in [0.29, 0.717) is 0 Å². The molecule has 0 radical (unpaired) electrons. The molecule has 0 unspecified atom stereocenters. The van der Waals surface area contributed by atoms with Crippen LogP contribution in [0.15, 0.2) is 143 Å². The number of pyridine rings is 1. The number of anilines is 3. The summed E-state index contributed by atoms with van der Waals surface area (Å²) in [6.07, 6.45) is 2.08. The van der Waals surface area contributed by atoms with Crippen molar-refractivity contribution in [3.05, 3.63) is 134 Å². The number of benzene rings is 6. The lowest BCUT2D eigenvalue weighted by Crippen LogP contribution is -2.16. The standard InChI is InChI=1S/C35H22N2S/c1-2-12-23(13-3-1)33-24-14-4-5-15-25(24)35(27-22-36-28-17-7-6-16-26(28)34(27)33)37-29-18-8-10-20-31(29)38-32-21-11-9-19-30(32)37/h1-22H. The Labute approximate surface area is 225 Å². The van der Waals surface area contributed by atoms with Crippen molar-refractivity contribution in [2.75, 3.05) is 4.90 Å². The molecule has 0 fully saturated rings. The second kappa shape index (κ2) is 8.47. The summed E-state index contributed by atoms with van der Waals surface area (Å²) in [5, 5.41) is 6.02. The topological polar surface area (TPSA) is 16.1 Å². The molecule has 0 amide bonds. The molecule has 0 saturated carbocycles. The summed E-state index contributed by atoms with van der Waals surface area (Å²) in [5.41, 5.74) is 7.05. The zero-order valence-corrected chi connectivity index (χ0v) is 21.3. The van der Waals surface area contributed by atoms with E-state index in [-0.39, 0.29) is 0 Å². The van der Waals surface area contributed by atoms with Crippen LogP contribution in [-0.4, -0.2) is 4.98 Å². The van der Waals surface area contributed by atoms with Crippen LogP contribution in [0.3, 0.4) is 0 Å². The van der Waals surface area contributed by atoms with Crippen molar-refractivity contribution in [3.63, 3.8) is 0 Å². The lowest BCUT2D eigenvalue weighted by Gasteiger charge is -2.35. The highest BCUT2D eigenvalue weighted by Gasteiger charge is 2.29. The SMILES string of the molecule is c1ccc(-c2c3ccccc3c(N3c4ccccc4Sc4ccccc43)c3cnc4ccccc4c23)cc1. The van der Waals surface area contributed by atoms with Gasteiger partial charge in [-0.2, -0.15) is 0 Å². The van der Waals surface area contributed by atoms with Crippen LogP contribution in [0.2, 0.25) is 0 Å². The molecular formula is C35H22N2S. The molecule has 0 spiro atoms.